The van der Waals surface area contributed by atoms with Gasteiger partial charge < -0.3 is 4.90 Å². The molecule has 7 heteroatoms. The fourth-order valence-corrected chi connectivity index (χ4v) is 3.20. The molecule has 0 atom stereocenters. The van der Waals surface area contributed by atoms with Crippen LogP contribution in [0.4, 0.5) is 4.39 Å². The lowest BCUT2D eigenvalue weighted by atomic mass is 10.1. The van der Waals surface area contributed by atoms with Crippen molar-refractivity contribution in [1.29, 1.82) is 0 Å². The van der Waals surface area contributed by atoms with Gasteiger partial charge in [-0.1, -0.05) is 36.4 Å². The number of halogens is 2. The Labute approximate surface area is 160 Å². The van der Waals surface area contributed by atoms with E-state index in [1.807, 2.05) is 53.2 Å². The summed E-state index contributed by atoms with van der Waals surface area (Å²) >= 11 is 5.92. The van der Waals surface area contributed by atoms with E-state index in [0.717, 1.165) is 22.3 Å². The van der Waals surface area contributed by atoms with Gasteiger partial charge in [-0.3, -0.25) is 4.79 Å². The molecule has 1 saturated heterocycles. The van der Waals surface area contributed by atoms with Crippen molar-refractivity contribution >= 4 is 40.7 Å². The number of carbonyl (C=O) groups is 1. The lowest BCUT2D eigenvalue weighted by Crippen LogP contribution is -2.51. The number of nitrogens with zero attached hydrogens (tertiary/aromatic N) is 4. The molecule has 0 N–H and O–H groups in total. The zero-order valence-electron chi connectivity index (χ0n) is 14.3. The van der Waals surface area contributed by atoms with Gasteiger partial charge in [0, 0.05) is 29.7 Å². The summed E-state index contributed by atoms with van der Waals surface area (Å²) in [7, 11) is 0. The smallest absolute Gasteiger partial charge is 0.282 e. The van der Waals surface area contributed by atoms with Crippen LogP contribution in [-0.2, 0) is 4.79 Å². The third-order valence-electron chi connectivity index (χ3n) is 4.53. The first kappa shape index (κ1) is 17.4. The highest BCUT2D eigenvalue weighted by molar-refractivity contribution is 6.30. The molecule has 1 fully saturated rings. The van der Waals surface area contributed by atoms with Gasteiger partial charge in [0.15, 0.2) is 11.5 Å². The molecule has 5 nitrogen and oxygen atoms in total. The largest absolute Gasteiger partial charge is 0.332 e. The summed E-state index contributed by atoms with van der Waals surface area (Å²) in [6.45, 7) is 3.83. The fraction of sp³-hybridized carbons (Fsp3) is 0.150. The molecule has 4 rings (SSSR count). The van der Waals surface area contributed by atoms with E-state index >= 15 is 0 Å². The monoisotopic (exact) mass is 382 g/mol. The van der Waals surface area contributed by atoms with Crippen LogP contribution in [0.5, 0.6) is 0 Å². The molecule has 136 valence electrons. The highest BCUT2D eigenvalue weighted by Gasteiger charge is 2.35. The first-order chi connectivity index (χ1) is 13.0. The molecule has 1 aromatic carbocycles. The summed E-state index contributed by atoms with van der Waals surface area (Å²) in [5.74, 6) is -1.61. The Morgan fingerprint density at radius 2 is 1.96 bits per heavy atom. The summed E-state index contributed by atoms with van der Waals surface area (Å²) in [6.07, 6.45) is 5.59. The number of likely N-dealkylation sites (tertiary alicyclic amines) is 1. The van der Waals surface area contributed by atoms with Gasteiger partial charge in [-0.2, -0.15) is 5.10 Å². The normalized spacial score (nSPS) is 14.7. The molecule has 0 unspecified atom stereocenters. The number of carbonyl (C=O) groups excluding carboxylic acids is 1. The Morgan fingerprint density at radius 3 is 2.67 bits per heavy atom. The fourth-order valence-electron chi connectivity index (χ4n) is 3.07. The highest BCUT2D eigenvalue weighted by atomic mass is 35.5. The molecular formula is C20H16ClFN4O. The zero-order valence-corrected chi connectivity index (χ0v) is 15.1. The van der Waals surface area contributed by atoms with Crippen LogP contribution in [0.15, 0.2) is 55.0 Å². The Morgan fingerprint density at radius 1 is 1.22 bits per heavy atom. The van der Waals surface area contributed by atoms with Crippen molar-refractivity contribution in [1.82, 2.24) is 19.7 Å². The lowest BCUT2D eigenvalue weighted by Gasteiger charge is -2.38. The summed E-state index contributed by atoms with van der Waals surface area (Å²) in [4.78, 5) is 17.5. The van der Waals surface area contributed by atoms with Crippen LogP contribution >= 0.6 is 11.6 Å². The summed E-state index contributed by atoms with van der Waals surface area (Å²) in [6, 6.07) is 11.3. The van der Waals surface area contributed by atoms with Crippen molar-refractivity contribution < 1.29 is 9.18 Å². The Bertz CT molecular complexity index is 1050. The van der Waals surface area contributed by atoms with Gasteiger partial charge in [0.1, 0.15) is 0 Å². The number of aromatic nitrogens is 3. The van der Waals surface area contributed by atoms with Crippen LogP contribution < -0.4 is 0 Å². The van der Waals surface area contributed by atoms with Crippen molar-refractivity contribution in [3.63, 3.8) is 0 Å². The average molecular weight is 383 g/mol. The quantitative estimate of drug-likeness (QED) is 0.638. The van der Waals surface area contributed by atoms with Gasteiger partial charge in [0.25, 0.3) is 5.91 Å². The van der Waals surface area contributed by atoms with Crippen LogP contribution in [-0.4, -0.2) is 38.7 Å². The van der Waals surface area contributed by atoms with E-state index in [-0.39, 0.29) is 6.04 Å². The molecule has 0 aliphatic carbocycles. The molecule has 3 heterocycles. The highest BCUT2D eigenvalue weighted by Crippen LogP contribution is 2.28. The van der Waals surface area contributed by atoms with Crippen LogP contribution in [0.1, 0.15) is 17.3 Å². The van der Waals surface area contributed by atoms with Gasteiger partial charge >= 0.3 is 0 Å². The number of amides is 1. The Balaban J connectivity index is 1.61. The maximum atomic E-state index is 13.0. The maximum Gasteiger partial charge on any atom is 0.282 e. The molecule has 27 heavy (non-hydrogen) atoms. The van der Waals surface area contributed by atoms with Gasteiger partial charge in [-0.15, -0.1) is 0 Å². The lowest BCUT2D eigenvalue weighted by molar-refractivity contribution is -0.134. The van der Waals surface area contributed by atoms with Crippen molar-refractivity contribution in [2.75, 3.05) is 13.1 Å². The molecular weight excluding hydrogens is 367 g/mol. The number of hydrogen-bond acceptors (Lipinski definition) is 3. The van der Waals surface area contributed by atoms with Crippen LogP contribution in [0.2, 0.25) is 5.02 Å². The first-order valence-corrected chi connectivity index (χ1v) is 8.81. The van der Waals surface area contributed by atoms with Crippen molar-refractivity contribution in [2.45, 2.75) is 6.04 Å². The van der Waals surface area contributed by atoms with Crippen molar-refractivity contribution in [2.24, 2.45) is 0 Å². The van der Waals surface area contributed by atoms with E-state index < -0.39 is 11.7 Å². The van der Waals surface area contributed by atoms with Crippen LogP contribution in [0.3, 0.4) is 0 Å². The van der Waals surface area contributed by atoms with Gasteiger partial charge in [-0.05, 0) is 35.9 Å². The summed E-state index contributed by atoms with van der Waals surface area (Å²) < 4.78 is 14.8. The second-order valence-corrected chi connectivity index (χ2v) is 6.79. The molecule has 0 saturated carbocycles. The van der Waals surface area contributed by atoms with Gasteiger partial charge in [0.2, 0.25) is 0 Å². The third-order valence-corrected chi connectivity index (χ3v) is 4.78. The van der Waals surface area contributed by atoms with E-state index in [9.17, 15) is 9.18 Å². The standard InChI is InChI=1S/C20H16ClFN4O/c1-13(22)20(27)25-11-16(12-25)26-19-17(3-2-10-23-19)18(24-26)9-6-14-4-7-15(21)8-5-14/h2-10,16H,1,11-12H2/b9-6+. The Hall–Kier alpha value is -2.99. The minimum atomic E-state index is -0.941. The molecule has 1 amide bonds. The van der Waals surface area contributed by atoms with Gasteiger partial charge in [0.05, 0.1) is 11.7 Å². The molecule has 0 spiro atoms. The maximum absolute atomic E-state index is 13.0. The average Bonchev–Trinajstić information content (AvgIpc) is 2.98. The van der Waals surface area contributed by atoms with E-state index in [2.05, 4.69) is 16.7 Å². The van der Waals surface area contributed by atoms with E-state index in [4.69, 9.17) is 11.6 Å². The number of fused-ring (bicyclic) bond motifs is 1. The zero-order chi connectivity index (χ0) is 19.0. The van der Waals surface area contributed by atoms with Gasteiger partial charge in [-0.25, -0.2) is 14.1 Å². The molecule has 1 aliphatic heterocycles. The third kappa shape index (κ3) is 3.36. The second-order valence-electron chi connectivity index (χ2n) is 6.36. The summed E-state index contributed by atoms with van der Waals surface area (Å²) in [5, 5.41) is 6.27. The second kappa shape index (κ2) is 6.96. The minimum absolute atomic E-state index is 0.0385. The predicted octanol–water partition coefficient (Wildman–Crippen LogP) is 4.12. The van der Waals surface area contributed by atoms with E-state index in [0.29, 0.717) is 18.1 Å². The molecule has 3 aromatic rings. The molecule has 1 aliphatic rings. The number of pyridine rings is 1. The van der Waals surface area contributed by atoms with Crippen molar-refractivity contribution in [3.05, 3.63) is 71.3 Å². The predicted molar refractivity (Wildman–Crippen MR) is 104 cm³/mol. The summed E-state index contributed by atoms with van der Waals surface area (Å²) in [5.41, 5.74) is 2.53. The number of rotatable bonds is 4. The molecule has 2 aromatic heterocycles. The van der Waals surface area contributed by atoms with Crippen LogP contribution in [0, 0.1) is 0 Å². The number of hydrogen-bond donors (Lipinski definition) is 0. The van der Waals surface area contributed by atoms with Crippen LogP contribution in [0.25, 0.3) is 23.2 Å². The van der Waals surface area contributed by atoms with E-state index in [1.165, 1.54) is 4.90 Å². The number of benzene rings is 1. The van der Waals surface area contributed by atoms with E-state index in [1.54, 1.807) is 6.20 Å². The minimum Gasteiger partial charge on any atom is -0.332 e. The SMILES string of the molecule is C=C(F)C(=O)N1CC(n2nc(/C=C/c3ccc(Cl)cc3)c3cccnc32)C1. The molecule has 0 bridgehead atoms. The topological polar surface area (TPSA) is 51.0 Å². The Kier molecular flexibility index (Phi) is 4.49. The van der Waals surface area contributed by atoms with Crippen molar-refractivity contribution in [3.8, 4) is 0 Å². The molecule has 0 radical (unpaired) electrons. The first-order valence-electron chi connectivity index (χ1n) is 8.43.